The fourth-order valence-corrected chi connectivity index (χ4v) is 1.70. The van der Waals surface area contributed by atoms with Gasteiger partial charge in [0.25, 0.3) is 0 Å². The average molecular weight is 243 g/mol. The molecule has 0 amide bonds. The topological polar surface area (TPSA) is 38.9 Å². The van der Waals surface area contributed by atoms with Gasteiger partial charge >= 0.3 is 0 Å². The summed E-state index contributed by atoms with van der Waals surface area (Å²) < 4.78 is 7.49. The van der Waals surface area contributed by atoms with Crippen molar-refractivity contribution >= 4 is 11.5 Å². The molecule has 1 atom stereocenters. The van der Waals surface area contributed by atoms with E-state index in [-0.39, 0.29) is 6.23 Å². The third kappa shape index (κ3) is 3.05. The third-order valence-electron chi connectivity index (χ3n) is 2.58. The van der Waals surface area contributed by atoms with E-state index in [0.717, 1.165) is 11.5 Å². The minimum Gasteiger partial charge on any atom is -0.359 e. The van der Waals surface area contributed by atoms with Crippen molar-refractivity contribution in [1.29, 1.82) is 0 Å². The van der Waals surface area contributed by atoms with Crippen molar-refractivity contribution in [2.75, 3.05) is 6.61 Å². The Hall–Kier alpha value is -1.94. The summed E-state index contributed by atoms with van der Waals surface area (Å²) in [6, 6.07) is 13.5. The molecule has 2 rings (SSSR count). The third-order valence-corrected chi connectivity index (χ3v) is 2.58. The van der Waals surface area contributed by atoms with Crippen LogP contribution < -0.4 is 0 Å². The van der Waals surface area contributed by atoms with Crippen LogP contribution >= 0.6 is 0 Å². The normalized spacial score (nSPS) is 13.0. The van der Waals surface area contributed by atoms with Crippen molar-refractivity contribution in [1.82, 2.24) is 4.57 Å². The maximum Gasteiger partial charge on any atom is 0.157 e. The number of hydrogen-bond donors (Lipinski definition) is 0. The van der Waals surface area contributed by atoms with Crippen molar-refractivity contribution < 1.29 is 4.74 Å². The highest BCUT2D eigenvalue weighted by Gasteiger charge is 2.07. The number of aromatic nitrogens is 1. The lowest BCUT2D eigenvalue weighted by atomic mass is 10.3. The zero-order chi connectivity index (χ0) is 12.8. The molecule has 4 nitrogen and oxygen atoms in total. The lowest BCUT2D eigenvalue weighted by Crippen LogP contribution is -2.07. The van der Waals surface area contributed by atoms with Gasteiger partial charge in [-0.15, -0.1) is 10.2 Å². The van der Waals surface area contributed by atoms with Crippen molar-refractivity contribution in [2.45, 2.75) is 20.1 Å². The van der Waals surface area contributed by atoms with E-state index in [0.29, 0.717) is 6.61 Å². The number of ether oxygens (including phenoxy) is 1. The predicted molar refractivity (Wildman–Crippen MR) is 71.4 cm³/mol. The number of hydrogen-bond acceptors (Lipinski definition) is 3. The molecule has 0 spiro atoms. The van der Waals surface area contributed by atoms with Crippen molar-refractivity contribution in [3.05, 3.63) is 48.7 Å². The number of nitrogens with zero attached hydrogens (tertiary/aromatic N) is 3. The SMILES string of the molecule is CCOC(C)n1cccc1N=Nc1ccccc1. The monoisotopic (exact) mass is 243 g/mol. The summed E-state index contributed by atoms with van der Waals surface area (Å²) in [5.74, 6) is 0.791. The second-order valence-corrected chi connectivity index (χ2v) is 3.86. The highest BCUT2D eigenvalue weighted by Crippen LogP contribution is 2.22. The molecule has 0 saturated carbocycles. The fourth-order valence-electron chi connectivity index (χ4n) is 1.70. The van der Waals surface area contributed by atoms with Crippen LogP contribution in [0.1, 0.15) is 20.1 Å². The summed E-state index contributed by atoms with van der Waals surface area (Å²) in [5, 5.41) is 8.45. The van der Waals surface area contributed by atoms with Gasteiger partial charge in [0.1, 0.15) is 6.23 Å². The molecule has 0 aliphatic rings. The summed E-state index contributed by atoms with van der Waals surface area (Å²) in [6.45, 7) is 4.64. The molecule has 0 radical (unpaired) electrons. The molecule has 0 fully saturated rings. The van der Waals surface area contributed by atoms with Crippen molar-refractivity contribution in [3.63, 3.8) is 0 Å². The van der Waals surface area contributed by atoms with E-state index >= 15 is 0 Å². The zero-order valence-electron chi connectivity index (χ0n) is 10.7. The molecule has 0 saturated heterocycles. The van der Waals surface area contributed by atoms with E-state index in [9.17, 15) is 0 Å². The summed E-state index contributed by atoms with van der Waals surface area (Å²) in [6.07, 6.45) is 1.91. The summed E-state index contributed by atoms with van der Waals surface area (Å²) in [5.41, 5.74) is 0.842. The highest BCUT2D eigenvalue weighted by molar-refractivity contribution is 5.37. The van der Waals surface area contributed by atoms with E-state index in [1.165, 1.54) is 0 Å². The lowest BCUT2D eigenvalue weighted by molar-refractivity contribution is 0.0262. The molecule has 4 heteroatoms. The second kappa shape index (κ2) is 6.12. The molecule has 0 bridgehead atoms. The Bertz CT molecular complexity index is 505. The Morgan fingerprint density at radius 1 is 1.11 bits per heavy atom. The molecular weight excluding hydrogens is 226 g/mol. The molecule has 1 heterocycles. The Labute approximate surface area is 107 Å². The molecule has 1 aromatic heterocycles. The van der Waals surface area contributed by atoms with Gasteiger partial charge in [0.15, 0.2) is 5.82 Å². The maximum atomic E-state index is 5.54. The van der Waals surface area contributed by atoms with Crippen molar-refractivity contribution in [2.24, 2.45) is 10.2 Å². The largest absolute Gasteiger partial charge is 0.359 e. The van der Waals surface area contributed by atoms with Crippen LogP contribution in [0.15, 0.2) is 58.9 Å². The highest BCUT2D eigenvalue weighted by atomic mass is 16.5. The number of rotatable bonds is 5. The van der Waals surface area contributed by atoms with Crippen LogP contribution in [-0.2, 0) is 4.74 Å². The van der Waals surface area contributed by atoms with Gasteiger partial charge in [-0.1, -0.05) is 18.2 Å². The number of benzene rings is 1. The molecule has 1 unspecified atom stereocenters. The van der Waals surface area contributed by atoms with Gasteiger partial charge in [0.05, 0.1) is 5.69 Å². The molecule has 2 aromatic rings. The van der Waals surface area contributed by atoms with E-state index in [2.05, 4.69) is 10.2 Å². The van der Waals surface area contributed by atoms with Gasteiger partial charge in [0.2, 0.25) is 0 Å². The van der Waals surface area contributed by atoms with Crippen LogP contribution in [0, 0.1) is 0 Å². The Morgan fingerprint density at radius 3 is 2.61 bits per heavy atom. The minimum atomic E-state index is -0.0327. The van der Waals surface area contributed by atoms with Crippen LogP contribution in [0.5, 0.6) is 0 Å². The molecule has 18 heavy (non-hydrogen) atoms. The van der Waals surface area contributed by atoms with Gasteiger partial charge in [0, 0.05) is 12.8 Å². The van der Waals surface area contributed by atoms with E-state index < -0.39 is 0 Å². The molecular formula is C14H17N3O. The Morgan fingerprint density at radius 2 is 1.89 bits per heavy atom. The first-order chi connectivity index (χ1) is 8.81. The van der Waals surface area contributed by atoms with E-state index in [1.807, 2.05) is 67.1 Å². The Balaban J connectivity index is 2.15. The van der Waals surface area contributed by atoms with Gasteiger partial charge < -0.3 is 9.30 Å². The summed E-state index contributed by atoms with van der Waals surface area (Å²) in [4.78, 5) is 0. The lowest BCUT2D eigenvalue weighted by Gasteiger charge is -2.14. The fraction of sp³-hybridized carbons (Fsp3) is 0.286. The first-order valence-corrected chi connectivity index (χ1v) is 6.06. The van der Waals surface area contributed by atoms with Crippen LogP contribution in [0.3, 0.4) is 0 Å². The first-order valence-electron chi connectivity index (χ1n) is 6.06. The standard InChI is InChI=1S/C14H17N3O/c1-3-18-12(2)17-11-7-10-14(17)16-15-13-8-5-4-6-9-13/h4-12H,3H2,1-2H3. The van der Waals surface area contributed by atoms with E-state index in [1.54, 1.807) is 0 Å². The number of azo groups is 1. The molecule has 1 aromatic carbocycles. The predicted octanol–water partition coefficient (Wildman–Crippen LogP) is 4.46. The van der Waals surface area contributed by atoms with Gasteiger partial charge in [-0.3, -0.25) is 0 Å². The van der Waals surface area contributed by atoms with Gasteiger partial charge in [-0.05, 0) is 38.1 Å². The quantitative estimate of drug-likeness (QED) is 0.714. The smallest absolute Gasteiger partial charge is 0.157 e. The summed E-state index contributed by atoms with van der Waals surface area (Å²) in [7, 11) is 0. The summed E-state index contributed by atoms with van der Waals surface area (Å²) >= 11 is 0. The van der Waals surface area contributed by atoms with Crippen molar-refractivity contribution in [3.8, 4) is 0 Å². The van der Waals surface area contributed by atoms with Gasteiger partial charge in [-0.25, -0.2) is 0 Å². The van der Waals surface area contributed by atoms with Gasteiger partial charge in [-0.2, -0.15) is 0 Å². The van der Waals surface area contributed by atoms with Crippen LogP contribution in [-0.4, -0.2) is 11.2 Å². The second-order valence-electron chi connectivity index (χ2n) is 3.86. The molecule has 94 valence electrons. The molecule has 0 aliphatic carbocycles. The molecule has 0 aliphatic heterocycles. The zero-order valence-corrected chi connectivity index (χ0v) is 10.7. The average Bonchev–Trinajstić information content (AvgIpc) is 2.86. The minimum absolute atomic E-state index is 0.0327. The first kappa shape index (κ1) is 12.5. The van der Waals surface area contributed by atoms with E-state index in [4.69, 9.17) is 4.74 Å². The molecule has 0 N–H and O–H groups in total. The van der Waals surface area contributed by atoms with Crippen LogP contribution in [0.2, 0.25) is 0 Å². The van der Waals surface area contributed by atoms with Crippen LogP contribution in [0.4, 0.5) is 11.5 Å². The maximum absolute atomic E-state index is 5.54. The Kier molecular flexibility index (Phi) is 4.25. The van der Waals surface area contributed by atoms with Crippen LogP contribution in [0.25, 0.3) is 0 Å².